The van der Waals surface area contributed by atoms with Gasteiger partial charge in [0.15, 0.2) is 0 Å². The Hall–Kier alpha value is -2.47. The first kappa shape index (κ1) is 19.8. The normalized spacial score (nSPS) is 18.2. The maximum Gasteiger partial charge on any atom is 0.0695 e. The second kappa shape index (κ2) is 9.35. The Bertz CT molecular complexity index is 908. The number of hydrogen-bond acceptors (Lipinski definition) is 4. The Balaban J connectivity index is 1.44. The van der Waals surface area contributed by atoms with Crippen molar-refractivity contribution in [3.05, 3.63) is 77.5 Å². The SMILES string of the molecule is Cc1ccccc1CN1CCN(Cc2cn[nH]c2-c2ccccc2)C[C@@H]1CCO. The summed E-state index contributed by atoms with van der Waals surface area (Å²) < 4.78 is 0. The van der Waals surface area contributed by atoms with Crippen LogP contribution in [-0.2, 0) is 13.1 Å². The van der Waals surface area contributed by atoms with Crippen LogP contribution in [0.25, 0.3) is 11.3 Å². The van der Waals surface area contributed by atoms with E-state index in [0.29, 0.717) is 6.04 Å². The molecule has 1 atom stereocenters. The van der Waals surface area contributed by atoms with Crippen LogP contribution in [0.4, 0.5) is 0 Å². The molecule has 0 aliphatic carbocycles. The molecule has 0 unspecified atom stereocenters. The highest BCUT2D eigenvalue weighted by molar-refractivity contribution is 5.62. The van der Waals surface area contributed by atoms with Gasteiger partial charge in [-0.1, -0.05) is 54.6 Å². The van der Waals surface area contributed by atoms with Gasteiger partial charge in [-0.15, -0.1) is 0 Å². The summed E-state index contributed by atoms with van der Waals surface area (Å²) in [4.78, 5) is 5.02. The van der Waals surface area contributed by atoms with Gasteiger partial charge in [0, 0.05) is 50.9 Å². The number of rotatable bonds is 7. The Labute approximate surface area is 173 Å². The fourth-order valence-corrected chi connectivity index (χ4v) is 4.26. The van der Waals surface area contributed by atoms with Crippen LogP contribution in [0.15, 0.2) is 60.8 Å². The maximum absolute atomic E-state index is 9.63. The second-order valence-electron chi connectivity index (χ2n) is 7.93. The Morgan fingerprint density at radius 1 is 1.00 bits per heavy atom. The van der Waals surface area contributed by atoms with Crippen LogP contribution in [0, 0.1) is 6.92 Å². The number of aromatic nitrogens is 2. The average Bonchev–Trinajstić information content (AvgIpc) is 3.20. The maximum atomic E-state index is 9.63. The van der Waals surface area contributed by atoms with Crippen molar-refractivity contribution in [1.82, 2.24) is 20.0 Å². The van der Waals surface area contributed by atoms with Gasteiger partial charge in [0.25, 0.3) is 0 Å². The molecule has 4 rings (SSSR count). The largest absolute Gasteiger partial charge is 0.396 e. The number of nitrogens with zero attached hydrogens (tertiary/aromatic N) is 3. The highest BCUT2D eigenvalue weighted by Crippen LogP contribution is 2.24. The molecule has 1 aliphatic rings. The molecule has 0 bridgehead atoms. The molecule has 1 aliphatic heterocycles. The van der Waals surface area contributed by atoms with Gasteiger partial charge in [-0.3, -0.25) is 14.9 Å². The van der Waals surface area contributed by atoms with Gasteiger partial charge >= 0.3 is 0 Å². The first-order chi connectivity index (χ1) is 14.2. The standard InChI is InChI=1S/C24H30N4O/c1-19-7-5-6-10-21(19)17-28-13-12-27(18-23(28)11-14-29)16-22-15-25-26-24(22)20-8-3-2-4-9-20/h2-10,15,23,29H,11-14,16-18H2,1H3,(H,25,26)/t23-/m0/s1. The fourth-order valence-electron chi connectivity index (χ4n) is 4.26. The van der Waals surface area contributed by atoms with Crippen LogP contribution >= 0.6 is 0 Å². The number of piperazine rings is 1. The third kappa shape index (κ3) is 4.75. The minimum atomic E-state index is 0.226. The van der Waals surface area contributed by atoms with E-state index in [1.807, 2.05) is 12.3 Å². The summed E-state index contributed by atoms with van der Waals surface area (Å²) in [5.74, 6) is 0. The highest BCUT2D eigenvalue weighted by Gasteiger charge is 2.27. The van der Waals surface area contributed by atoms with Crippen LogP contribution < -0.4 is 0 Å². The Morgan fingerprint density at radius 3 is 2.59 bits per heavy atom. The summed E-state index contributed by atoms with van der Waals surface area (Å²) in [6.07, 6.45) is 2.75. The molecule has 2 heterocycles. The molecule has 1 aromatic heterocycles. The summed E-state index contributed by atoms with van der Waals surface area (Å²) in [7, 11) is 0. The molecule has 5 nitrogen and oxygen atoms in total. The summed E-state index contributed by atoms with van der Waals surface area (Å²) in [6, 6.07) is 19.3. The van der Waals surface area contributed by atoms with Crippen molar-refractivity contribution in [2.45, 2.75) is 32.5 Å². The number of aliphatic hydroxyl groups excluding tert-OH is 1. The number of aryl methyl sites for hydroxylation is 1. The van der Waals surface area contributed by atoms with Crippen molar-refractivity contribution in [3.8, 4) is 11.3 Å². The van der Waals surface area contributed by atoms with Gasteiger partial charge in [0.1, 0.15) is 0 Å². The molecule has 1 saturated heterocycles. The van der Waals surface area contributed by atoms with E-state index in [0.717, 1.165) is 44.8 Å². The van der Waals surface area contributed by atoms with Gasteiger partial charge in [-0.25, -0.2) is 0 Å². The molecule has 0 spiro atoms. The van der Waals surface area contributed by atoms with Crippen molar-refractivity contribution in [2.24, 2.45) is 0 Å². The zero-order chi connectivity index (χ0) is 20.1. The molecule has 0 radical (unpaired) electrons. The third-order valence-electron chi connectivity index (χ3n) is 5.96. The van der Waals surface area contributed by atoms with E-state index in [1.165, 1.54) is 22.3 Å². The minimum Gasteiger partial charge on any atom is -0.396 e. The lowest BCUT2D eigenvalue weighted by atomic mass is 10.0. The lowest BCUT2D eigenvalue weighted by Gasteiger charge is -2.41. The van der Waals surface area contributed by atoms with E-state index >= 15 is 0 Å². The molecule has 5 heteroatoms. The summed E-state index contributed by atoms with van der Waals surface area (Å²) in [5.41, 5.74) is 6.22. The van der Waals surface area contributed by atoms with E-state index in [4.69, 9.17) is 0 Å². The van der Waals surface area contributed by atoms with E-state index in [-0.39, 0.29) is 6.61 Å². The smallest absolute Gasteiger partial charge is 0.0695 e. The predicted octanol–water partition coefficient (Wildman–Crippen LogP) is 3.45. The van der Waals surface area contributed by atoms with E-state index < -0.39 is 0 Å². The number of H-pyrrole nitrogens is 1. The van der Waals surface area contributed by atoms with Crippen LogP contribution in [0.2, 0.25) is 0 Å². The molecular formula is C24H30N4O. The van der Waals surface area contributed by atoms with Crippen LogP contribution in [0.1, 0.15) is 23.1 Å². The van der Waals surface area contributed by atoms with Crippen molar-refractivity contribution in [2.75, 3.05) is 26.2 Å². The third-order valence-corrected chi connectivity index (χ3v) is 5.96. The second-order valence-corrected chi connectivity index (χ2v) is 7.93. The molecule has 0 amide bonds. The predicted molar refractivity (Wildman–Crippen MR) is 116 cm³/mol. The molecule has 2 aromatic carbocycles. The molecule has 29 heavy (non-hydrogen) atoms. The highest BCUT2D eigenvalue weighted by atomic mass is 16.3. The van der Waals surface area contributed by atoms with E-state index in [9.17, 15) is 5.11 Å². The molecule has 2 N–H and O–H groups in total. The number of aromatic amines is 1. The summed E-state index contributed by atoms with van der Waals surface area (Å²) in [5, 5.41) is 17.1. The minimum absolute atomic E-state index is 0.226. The number of hydrogen-bond donors (Lipinski definition) is 2. The van der Waals surface area contributed by atoms with Gasteiger partial charge in [0.2, 0.25) is 0 Å². The van der Waals surface area contributed by atoms with Gasteiger partial charge in [0.05, 0.1) is 11.9 Å². The van der Waals surface area contributed by atoms with Gasteiger partial charge in [-0.2, -0.15) is 5.10 Å². The Kier molecular flexibility index (Phi) is 6.39. The molecule has 152 valence electrons. The summed E-state index contributed by atoms with van der Waals surface area (Å²) in [6.45, 7) is 7.23. The first-order valence-corrected chi connectivity index (χ1v) is 10.4. The van der Waals surface area contributed by atoms with Crippen molar-refractivity contribution in [1.29, 1.82) is 0 Å². The van der Waals surface area contributed by atoms with Crippen LogP contribution in [0.3, 0.4) is 0 Å². The lowest BCUT2D eigenvalue weighted by molar-refractivity contribution is 0.0499. The number of aliphatic hydroxyl groups is 1. The van der Waals surface area contributed by atoms with Gasteiger partial charge in [-0.05, 0) is 30.0 Å². The summed E-state index contributed by atoms with van der Waals surface area (Å²) >= 11 is 0. The zero-order valence-electron chi connectivity index (χ0n) is 17.1. The van der Waals surface area contributed by atoms with E-state index in [2.05, 4.69) is 75.5 Å². The molecule has 0 saturated carbocycles. The monoisotopic (exact) mass is 390 g/mol. The van der Waals surface area contributed by atoms with Crippen LogP contribution in [0.5, 0.6) is 0 Å². The Morgan fingerprint density at radius 2 is 1.79 bits per heavy atom. The van der Waals surface area contributed by atoms with E-state index in [1.54, 1.807) is 0 Å². The fraction of sp³-hybridized carbons (Fsp3) is 0.375. The quantitative estimate of drug-likeness (QED) is 0.649. The van der Waals surface area contributed by atoms with Crippen molar-refractivity contribution < 1.29 is 5.11 Å². The zero-order valence-corrected chi connectivity index (χ0v) is 17.1. The van der Waals surface area contributed by atoms with Crippen molar-refractivity contribution >= 4 is 0 Å². The lowest BCUT2D eigenvalue weighted by Crippen LogP contribution is -2.52. The molecule has 1 fully saturated rings. The molecule has 3 aromatic rings. The first-order valence-electron chi connectivity index (χ1n) is 10.4. The number of nitrogens with one attached hydrogen (secondary N) is 1. The molecular weight excluding hydrogens is 360 g/mol. The van der Waals surface area contributed by atoms with Gasteiger partial charge < -0.3 is 5.11 Å². The van der Waals surface area contributed by atoms with Crippen LogP contribution in [-0.4, -0.2) is 57.4 Å². The number of benzene rings is 2. The topological polar surface area (TPSA) is 55.4 Å². The van der Waals surface area contributed by atoms with Crippen molar-refractivity contribution in [3.63, 3.8) is 0 Å². The average molecular weight is 391 g/mol.